The highest BCUT2D eigenvalue weighted by Gasteiger charge is 2.32. The fraction of sp³-hybridized carbons (Fsp3) is 0.609. The molecular weight excluding hydrogens is 547 g/mol. The van der Waals surface area contributed by atoms with Gasteiger partial charge in [-0.15, -0.1) is 0 Å². The second-order valence-corrected chi connectivity index (χ2v) is 8.51. The first-order valence-electron chi connectivity index (χ1n) is 12.4. The Kier molecular flexibility index (Phi) is 15.5. The van der Waals surface area contributed by atoms with Crippen LogP contribution in [0.5, 0.6) is 5.75 Å². The number of amides is 2. The number of hydrogen-bond acceptors (Lipinski definition) is 6. The number of esters is 1. The summed E-state index contributed by atoms with van der Waals surface area (Å²) in [5.74, 6) is -16.6. The zero-order valence-electron chi connectivity index (χ0n) is 21.6. The predicted molar refractivity (Wildman–Crippen MR) is 131 cm³/mol. The molecule has 0 aromatic heterocycles. The first-order valence-corrected chi connectivity index (χ1v) is 12.4. The van der Waals surface area contributed by atoms with Crippen LogP contribution < -0.4 is 15.4 Å². The van der Waals surface area contributed by atoms with Crippen molar-refractivity contribution in [3.8, 4) is 5.75 Å². The minimum absolute atomic E-state index is 0.0232. The van der Waals surface area contributed by atoms with Gasteiger partial charge < -0.3 is 15.4 Å². The molecule has 0 radical (unpaired) electrons. The summed E-state index contributed by atoms with van der Waals surface area (Å²) in [6.45, 7) is 1.98. The number of ether oxygens (including phenoxy) is 1. The smallest absolute Gasteiger partial charge is 0.334 e. The molecule has 220 valence electrons. The lowest BCUT2D eigenvalue weighted by atomic mass is 10.0. The van der Waals surface area contributed by atoms with Gasteiger partial charge in [0.15, 0.2) is 0 Å². The molecule has 0 aliphatic heterocycles. The highest BCUT2D eigenvalue weighted by Crippen LogP contribution is 2.29. The Hall–Kier alpha value is -4.10. The molecule has 0 unspecified atom stereocenters. The summed E-state index contributed by atoms with van der Waals surface area (Å²) < 4.78 is 73.1. The largest absolute Gasteiger partial charge is 0.418 e. The Morgan fingerprint density at radius 1 is 0.775 bits per heavy atom. The molecule has 2 N–H and O–H groups in total. The van der Waals surface area contributed by atoms with Crippen LogP contribution in [-0.4, -0.2) is 43.0 Å². The van der Waals surface area contributed by atoms with Crippen LogP contribution in [0.1, 0.15) is 64.7 Å². The first-order chi connectivity index (χ1) is 19.1. The van der Waals surface area contributed by atoms with E-state index in [4.69, 9.17) is 11.1 Å². The van der Waals surface area contributed by atoms with Gasteiger partial charge in [-0.2, -0.15) is 8.78 Å². The number of hydrogen-bond donors (Lipinski definition) is 2. The minimum Gasteiger partial charge on any atom is -0.418 e. The SMILES string of the molecule is CCCCC[C@H](NC(=O)CCCN=[N+]=[N-])C(=O)N[C@@H](CCCCN=[N+]=[N-])C(=O)Oc1c(F)c(F)c(F)c(F)c1F. The van der Waals surface area contributed by atoms with Crippen LogP contribution in [-0.2, 0) is 14.4 Å². The Balaban J connectivity index is 3.13. The van der Waals surface area contributed by atoms with Crippen LogP contribution >= 0.6 is 0 Å². The van der Waals surface area contributed by atoms with Gasteiger partial charge in [-0.3, -0.25) is 9.59 Å². The highest BCUT2D eigenvalue weighted by atomic mass is 19.2. The number of azide groups is 2. The van der Waals surface area contributed by atoms with E-state index < -0.39 is 64.7 Å². The fourth-order valence-corrected chi connectivity index (χ4v) is 3.43. The monoisotopic (exact) mass is 576 g/mol. The number of halogens is 5. The van der Waals surface area contributed by atoms with Gasteiger partial charge in [0, 0.05) is 29.3 Å². The summed E-state index contributed by atoms with van der Waals surface area (Å²) in [4.78, 5) is 43.3. The third kappa shape index (κ3) is 10.9. The summed E-state index contributed by atoms with van der Waals surface area (Å²) in [6.07, 6.45) is 2.46. The van der Waals surface area contributed by atoms with Crippen molar-refractivity contribution >= 4 is 17.8 Å². The first kappa shape index (κ1) is 33.9. The molecule has 0 fully saturated rings. The second kappa shape index (κ2) is 18.2. The Morgan fingerprint density at radius 2 is 1.30 bits per heavy atom. The van der Waals surface area contributed by atoms with Gasteiger partial charge in [-0.25, -0.2) is 18.0 Å². The molecule has 0 aliphatic carbocycles. The lowest BCUT2D eigenvalue weighted by molar-refractivity contribution is -0.140. The maximum Gasteiger partial charge on any atom is 0.334 e. The van der Waals surface area contributed by atoms with Crippen LogP contribution in [0, 0.1) is 29.1 Å². The predicted octanol–water partition coefficient (Wildman–Crippen LogP) is 5.41. The van der Waals surface area contributed by atoms with Gasteiger partial charge in [-0.1, -0.05) is 42.8 Å². The molecular formula is C23H29F5N8O4. The second-order valence-electron chi connectivity index (χ2n) is 8.51. The molecule has 0 aliphatic rings. The zero-order chi connectivity index (χ0) is 30.1. The number of carbonyl (C=O) groups excluding carboxylic acids is 3. The van der Waals surface area contributed by atoms with Crippen molar-refractivity contribution in [2.75, 3.05) is 13.1 Å². The number of rotatable bonds is 18. The Morgan fingerprint density at radius 3 is 1.88 bits per heavy atom. The maximum absolute atomic E-state index is 14.1. The summed E-state index contributed by atoms with van der Waals surface area (Å²) in [7, 11) is 0. The molecule has 2 atom stereocenters. The van der Waals surface area contributed by atoms with Crippen molar-refractivity contribution in [3.05, 3.63) is 50.0 Å². The molecule has 0 heterocycles. The zero-order valence-corrected chi connectivity index (χ0v) is 21.6. The summed E-state index contributed by atoms with van der Waals surface area (Å²) in [5.41, 5.74) is 16.7. The van der Waals surface area contributed by atoms with Crippen LogP contribution in [0.4, 0.5) is 22.0 Å². The lowest BCUT2D eigenvalue weighted by Gasteiger charge is -2.23. The number of nitrogens with zero attached hydrogens (tertiary/aromatic N) is 6. The average Bonchev–Trinajstić information content (AvgIpc) is 2.94. The van der Waals surface area contributed by atoms with E-state index in [2.05, 4.69) is 35.4 Å². The van der Waals surface area contributed by atoms with Gasteiger partial charge in [0.1, 0.15) is 12.1 Å². The Bertz CT molecular complexity index is 1110. The molecule has 2 amide bonds. The van der Waals surface area contributed by atoms with Gasteiger partial charge in [0.05, 0.1) is 0 Å². The Labute approximate surface area is 225 Å². The molecule has 0 spiro atoms. The summed E-state index contributed by atoms with van der Waals surface area (Å²) >= 11 is 0. The van der Waals surface area contributed by atoms with Crippen molar-refractivity contribution in [2.45, 2.75) is 76.8 Å². The van der Waals surface area contributed by atoms with Crippen molar-refractivity contribution < 1.29 is 41.1 Å². The normalized spacial score (nSPS) is 11.9. The van der Waals surface area contributed by atoms with E-state index in [-0.39, 0.29) is 51.6 Å². The molecule has 0 bridgehead atoms. The van der Waals surface area contributed by atoms with Gasteiger partial charge in [-0.05, 0) is 36.7 Å². The quantitative estimate of drug-likeness (QED) is 0.0273. The standard InChI is InChI=1S/C23H29F5N8O4/c1-2-3-4-8-13(33-15(37)10-7-12-32-36-30)22(38)34-14(9-5-6-11-31-35-29)23(39)40-21-19(27)17(25)16(24)18(26)20(21)28/h13-14H,2-12H2,1H3,(H,33,37)(H,34,38)/t13-,14-/m0/s1. The number of nitrogens with one attached hydrogen (secondary N) is 2. The van der Waals surface area contributed by atoms with E-state index >= 15 is 0 Å². The van der Waals surface area contributed by atoms with Crippen molar-refractivity contribution in [3.63, 3.8) is 0 Å². The van der Waals surface area contributed by atoms with E-state index in [0.29, 0.717) is 12.8 Å². The minimum atomic E-state index is -2.44. The van der Waals surface area contributed by atoms with Gasteiger partial charge in [0.2, 0.25) is 46.6 Å². The summed E-state index contributed by atoms with van der Waals surface area (Å²) in [6, 6.07) is -2.75. The fourth-order valence-electron chi connectivity index (χ4n) is 3.43. The van der Waals surface area contributed by atoms with Crippen molar-refractivity contribution in [1.82, 2.24) is 10.6 Å². The van der Waals surface area contributed by atoms with E-state index in [0.717, 1.165) is 6.42 Å². The molecule has 1 rings (SSSR count). The van der Waals surface area contributed by atoms with Crippen LogP contribution in [0.2, 0.25) is 0 Å². The van der Waals surface area contributed by atoms with Crippen LogP contribution in [0.3, 0.4) is 0 Å². The van der Waals surface area contributed by atoms with E-state index in [9.17, 15) is 36.3 Å². The van der Waals surface area contributed by atoms with Crippen LogP contribution in [0.25, 0.3) is 20.9 Å². The molecule has 40 heavy (non-hydrogen) atoms. The maximum atomic E-state index is 14.1. The van der Waals surface area contributed by atoms with Crippen molar-refractivity contribution in [2.24, 2.45) is 10.2 Å². The van der Waals surface area contributed by atoms with E-state index in [1.54, 1.807) is 0 Å². The lowest BCUT2D eigenvalue weighted by Crippen LogP contribution is -2.52. The third-order valence-corrected chi connectivity index (χ3v) is 5.51. The topological polar surface area (TPSA) is 182 Å². The average molecular weight is 577 g/mol. The van der Waals surface area contributed by atoms with Crippen molar-refractivity contribution in [1.29, 1.82) is 0 Å². The molecule has 0 saturated carbocycles. The molecule has 0 saturated heterocycles. The molecule has 1 aromatic rings. The van der Waals surface area contributed by atoms with E-state index in [1.807, 2.05) is 6.92 Å². The van der Waals surface area contributed by atoms with Gasteiger partial charge in [0.25, 0.3) is 0 Å². The van der Waals surface area contributed by atoms with Crippen LogP contribution in [0.15, 0.2) is 10.2 Å². The number of carbonyl (C=O) groups is 3. The number of unbranched alkanes of at least 4 members (excludes halogenated alkanes) is 3. The molecule has 1 aromatic carbocycles. The molecule has 17 heteroatoms. The highest BCUT2D eigenvalue weighted by molar-refractivity contribution is 5.91. The van der Waals surface area contributed by atoms with E-state index in [1.165, 1.54) is 0 Å². The third-order valence-electron chi connectivity index (χ3n) is 5.51. The molecule has 12 nitrogen and oxygen atoms in total. The van der Waals surface area contributed by atoms with Gasteiger partial charge >= 0.3 is 5.97 Å². The number of benzene rings is 1. The summed E-state index contributed by atoms with van der Waals surface area (Å²) in [5, 5.41) is 11.5.